The van der Waals surface area contributed by atoms with Crippen molar-refractivity contribution in [3.05, 3.63) is 29.6 Å². The molecule has 88 valence electrons. The van der Waals surface area contributed by atoms with Gasteiger partial charge in [0.1, 0.15) is 5.69 Å². The fourth-order valence-electron chi connectivity index (χ4n) is 1.44. The number of nitrogens with one attached hydrogen (secondary N) is 1. The normalized spacial score (nSPS) is 12.2. The molecule has 0 radical (unpaired) electrons. The third-order valence-electron chi connectivity index (χ3n) is 2.41. The summed E-state index contributed by atoms with van der Waals surface area (Å²) in [6.45, 7) is 3.90. The minimum Gasteiger partial charge on any atom is -0.348 e. The molecule has 1 rings (SSSR count). The summed E-state index contributed by atoms with van der Waals surface area (Å²) in [5.74, 6) is 0.431. The van der Waals surface area contributed by atoms with Crippen molar-refractivity contribution < 1.29 is 4.79 Å². The standard InChI is InChI=1S/C12H17ClN2O/c1-3-10(7-8-13)15-12(16)11-6-4-5-9(2)14-11/h4-6,10H,3,7-8H2,1-2H3,(H,15,16). The molecule has 1 heterocycles. The van der Waals surface area contributed by atoms with Gasteiger partial charge in [-0.1, -0.05) is 13.0 Å². The zero-order chi connectivity index (χ0) is 12.0. The molecule has 0 bridgehead atoms. The molecule has 4 heteroatoms. The molecule has 1 aromatic heterocycles. The first-order chi connectivity index (χ1) is 7.67. The van der Waals surface area contributed by atoms with E-state index in [-0.39, 0.29) is 11.9 Å². The third kappa shape index (κ3) is 3.81. The van der Waals surface area contributed by atoms with Gasteiger partial charge < -0.3 is 5.32 Å². The smallest absolute Gasteiger partial charge is 0.270 e. The molecule has 1 amide bonds. The van der Waals surface area contributed by atoms with Crippen molar-refractivity contribution in [2.45, 2.75) is 32.7 Å². The van der Waals surface area contributed by atoms with Crippen LogP contribution in [0.1, 0.15) is 35.9 Å². The van der Waals surface area contributed by atoms with Crippen molar-refractivity contribution in [1.82, 2.24) is 10.3 Å². The number of aromatic nitrogens is 1. The Morgan fingerprint density at radius 2 is 2.31 bits per heavy atom. The Bertz CT molecular complexity index is 355. The summed E-state index contributed by atoms with van der Waals surface area (Å²) in [7, 11) is 0. The lowest BCUT2D eigenvalue weighted by atomic mass is 10.1. The quantitative estimate of drug-likeness (QED) is 0.804. The molecule has 0 saturated heterocycles. The van der Waals surface area contributed by atoms with Crippen molar-refractivity contribution in [2.24, 2.45) is 0 Å². The summed E-state index contributed by atoms with van der Waals surface area (Å²) in [4.78, 5) is 16.0. The van der Waals surface area contributed by atoms with Crippen molar-refractivity contribution in [2.75, 3.05) is 5.88 Å². The molecule has 0 aromatic carbocycles. The van der Waals surface area contributed by atoms with Crippen LogP contribution in [-0.4, -0.2) is 22.8 Å². The number of carbonyl (C=O) groups excluding carboxylic acids is 1. The van der Waals surface area contributed by atoms with E-state index in [1.807, 2.05) is 26.0 Å². The van der Waals surface area contributed by atoms with E-state index in [2.05, 4.69) is 10.3 Å². The molecule has 1 atom stereocenters. The highest BCUT2D eigenvalue weighted by atomic mass is 35.5. The predicted octanol–water partition coefficient (Wildman–Crippen LogP) is 2.53. The number of rotatable bonds is 5. The summed E-state index contributed by atoms with van der Waals surface area (Å²) in [6, 6.07) is 5.55. The van der Waals surface area contributed by atoms with Crippen LogP contribution in [0.3, 0.4) is 0 Å². The number of carbonyl (C=O) groups is 1. The molecule has 0 saturated carbocycles. The lowest BCUT2D eigenvalue weighted by molar-refractivity contribution is 0.0930. The molecular formula is C12H17ClN2O. The average Bonchev–Trinajstić information content (AvgIpc) is 2.28. The highest BCUT2D eigenvalue weighted by Crippen LogP contribution is 2.03. The van der Waals surface area contributed by atoms with Crippen LogP contribution in [0.25, 0.3) is 0 Å². The Morgan fingerprint density at radius 3 is 2.88 bits per heavy atom. The number of alkyl halides is 1. The second-order valence-electron chi connectivity index (χ2n) is 3.72. The maximum absolute atomic E-state index is 11.8. The molecule has 1 N–H and O–H groups in total. The number of hydrogen-bond donors (Lipinski definition) is 1. The maximum atomic E-state index is 11.8. The summed E-state index contributed by atoms with van der Waals surface area (Å²) in [5.41, 5.74) is 1.31. The van der Waals surface area contributed by atoms with E-state index < -0.39 is 0 Å². The van der Waals surface area contributed by atoms with Gasteiger partial charge in [-0.3, -0.25) is 4.79 Å². The van der Waals surface area contributed by atoms with E-state index in [0.29, 0.717) is 11.6 Å². The highest BCUT2D eigenvalue weighted by molar-refractivity contribution is 6.17. The number of aryl methyl sites for hydroxylation is 1. The minimum absolute atomic E-state index is 0.124. The fourth-order valence-corrected chi connectivity index (χ4v) is 1.70. The van der Waals surface area contributed by atoms with E-state index >= 15 is 0 Å². The third-order valence-corrected chi connectivity index (χ3v) is 2.62. The van der Waals surface area contributed by atoms with E-state index in [4.69, 9.17) is 11.6 Å². The van der Waals surface area contributed by atoms with Crippen LogP contribution in [0.5, 0.6) is 0 Å². The van der Waals surface area contributed by atoms with E-state index in [1.54, 1.807) is 6.07 Å². The molecule has 0 aliphatic heterocycles. The summed E-state index contributed by atoms with van der Waals surface area (Å²) in [5, 5.41) is 2.93. The first kappa shape index (κ1) is 13.0. The number of halogens is 1. The zero-order valence-corrected chi connectivity index (χ0v) is 10.4. The first-order valence-electron chi connectivity index (χ1n) is 5.47. The van der Waals surface area contributed by atoms with E-state index in [0.717, 1.165) is 18.5 Å². The topological polar surface area (TPSA) is 42.0 Å². The summed E-state index contributed by atoms with van der Waals surface area (Å²) in [6.07, 6.45) is 1.67. The van der Waals surface area contributed by atoms with Gasteiger partial charge in [0.25, 0.3) is 5.91 Å². The van der Waals surface area contributed by atoms with Crippen LogP contribution < -0.4 is 5.32 Å². The van der Waals surface area contributed by atoms with Gasteiger partial charge >= 0.3 is 0 Å². The number of pyridine rings is 1. The molecule has 0 spiro atoms. The average molecular weight is 241 g/mol. The maximum Gasteiger partial charge on any atom is 0.270 e. The lowest BCUT2D eigenvalue weighted by Gasteiger charge is -2.15. The molecule has 1 aromatic rings. The van der Waals surface area contributed by atoms with E-state index in [1.165, 1.54) is 0 Å². The van der Waals surface area contributed by atoms with Crippen LogP contribution >= 0.6 is 11.6 Å². The molecule has 3 nitrogen and oxygen atoms in total. The molecule has 16 heavy (non-hydrogen) atoms. The van der Waals surface area contributed by atoms with Gasteiger partial charge in [-0.15, -0.1) is 11.6 Å². The molecule has 0 aliphatic rings. The van der Waals surface area contributed by atoms with Gasteiger partial charge in [-0.05, 0) is 31.9 Å². The lowest BCUT2D eigenvalue weighted by Crippen LogP contribution is -2.35. The Balaban J connectivity index is 2.64. The molecule has 1 unspecified atom stereocenters. The Morgan fingerprint density at radius 1 is 1.56 bits per heavy atom. The monoisotopic (exact) mass is 240 g/mol. The van der Waals surface area contributed by atoms with Crippen molar-refractivity contribution in [3.8, 4) is 0 Å². The van der Waals surface area contributed by atoms with Gasteiger partial charge in [-0.25, -0.2) is 4.98 Å². The van der Waals surface area contributed by atoms with Crippen molar-refractivity contribution in [3.63, 3.8) is 0 Å². The Kier molecular flexibility index (Phi) is 5.26. The largest absolute Gasteiger partial charge is 0.348 e. The van der Waals surface area contributed by atoms with Gasteiger partial charge in [0, 0.05) is 17.6 Å². The van der Waals surface area contributed by atoms with Crippen LogP contribution in [-0.2, 0) is 0 Å². The van der Waals surface area contributed by atoms with Gasteiger partial charge in [0.05, 0.1) is 0 Å². The van der Waals surface area contributed by atoms with Gasteiger partial charge in [-0.2, -0.15) is 0 Å². The van der Waals surface area contributed by atoms with Gasteiger partial charge in [0.2, 0.25) is 0 Å². The van der Waals surface area contributed by atoms with Crippen LogP contribution in [0, 0.1) is 6.92 Å². The zero-order valence-electron chi connectivity index (χ0n) is 9.66. The minimum atomic E-state index is -0.124. The summed E-state index contributed by atoms with van der Waals surface area (Å²) < 4.78 is 0. The van der Waals surface area contributed by atoms with Crippen molar-refractivity contribution in [1.29, 1.82) is 0 Å². The molecule has 0 fully saturated rings. The first-order valence-corrected chi connectivity index (χ1v) is 6.01. The summed E-state index contributed by atoms with van der Waals surface area (Å²) >= 11 is 5.66. The second kappa shape index (κ2) is 6.48. The second-order valence-corrected chi connectivity index (χ2v) is 4.10. The van der Waals surface area contributed by atoms with E-state index in [9.17, 15) is 4.79 Å². The van der Waals surface area contributed by atoms with Gasteiger partial charge in [0.15, 0.2) is 0 Å². The number of amides is 1. The Labute approximate surface area is 101 Å². The van der Waals surface area contributed by atoms with Crippen molar-refractivity contribution >= 4 is 17.5 Å². The van der Waals surface area contributed by atoms with Crippen LogP contribution in [0.2, 0.25) is 0 Å². The van der Waals surface area contributed by atoms with Crippen LogP contribution in [0.15, 0.2) is 18.2 Å². The number of nitrogens with zero attached hydrogens (tertiary/aromatic N) is 1. The molecule has 0 aliphatic carbocycles. The highest BCUT2D eigenvalue weighted by Gasteiger charge is 2.12. The fraction of sp³-hybridized carbons (Fsp3) is 0.500. The van der Waals surface area contributed by atoms with Crippen LogP contribution in [0.4, 0.5) is 0 Å². The SMILES string of the molecule is CCC(CCCl)NC(=O)c1cccc(C)n1. The molecular weight excluding hydrogens is 224 g/mol. The Hall–Kier alpha value is -1.09. The predicted molar refractivity (Wildman–Crippen MR) is 65.9 cm³/mol. The number of hydrogen-bond acceptors (Lipinski definition) is 2.